The Morgan fingerprint density at radius 3 is 2.56 bits per heavy atom. The van der Waals surface area contributed by atoms with Gasteiger partial charge in [0.2, 0.25) is 5.91 Å². The average Bonchev–Trinajstić information content (AvgIpc) is 2.63. The molecule has 0 atom stereocenters. The van der Waals surface area contributed by atoms with E-state index >= 15 is 0 Å². The molecule has 0 heterocycles. The molecule has 2 aromatic carbocycles. The Kier molecular flexibility index (Phi) is 7.27. The summed E-state index contributed by atoms with van der Waals surface area (Å²) in [5, 5.41) is 3.00. The largest absolute Gasteiger partial charge is 0.494 e. The van der Waals surface area contributed by atoms with Crippen molar-refractivity contribution >= 4 is 17.7 Å². The lowest BCUT2D eigenvalue weighted by Gasteiger charge is -2.11. The van der Waals surface area contributed by atoms with Gasteiger partial charge in [0.25, 0.3) is 0 Å². The van der Waals surface area contributed by atoms with Crippen LogP contribution in [-0.2, 0) is 11.2 Å². The monoisotopic (exact) mass is 337 g/mol. The molecule has 0 aliphatic rings. The molecule has 1 N–H and O–H groups in total. The van der Waals surface area contributed by atoms with Crippen LogP contribution < -0.4 is 10.1 Å². The van der Waals surface area contributed by atoms with Crippen molar-refractivity contribution in [1.82, 2.24) is 0 Å². The molecule has 0 aliphatic carbocycles. The molecule has 2 aromatic rings. The van der Waals surface area contributed by atoms with Crippen LogP contribution in [-0.4, -0.2) is 12.5 Å². The summed E-state index contributed by atoms with van der Waals surface area (Å²) in [7, 11) is 0. The van der Waals surface area contributed by atoms with E-state index in [-0.39, 0.29) is 5.91 Å². The number of anilines is 1. The van der Waals surface area contributed by atoms with Crippen molar-refractivity contribution < 1.29 is 9.53 Å². The molecule has 0 spiro atoms. The van der Waals surface area contributed by atoms with E-state index in [4.69, 9.17) is 4.74 Å². The van der Waals surface area contributed by atoms with Crippen molar-refractivity contribution in [2.45, 2.75) is 40.0 Å². The molecular weight excluding hydrogens is 310 g/mol. The first-order chi connectivity index (χ1) is 12.1. The Bertz CT molecular complexity index is 717. The highest BCUT2D eigenvalue weighted by Gasteiger charge is 2.06. The zero-order valence-electron chi connectivity index (χ0n) is 15.3. The smallest absolute Gasteiger partial charge is 0.248 e. The third-order valence-electron chi connectivity index (χ3n) is 4.06. The van der Waals surface area contributed by atoms with E-state index < -0.39 is 0 Å². The second-order valence-corrected chi connectivity index (χ2v) is 6.06. The van der Waals surface area contributed by atoms with Crippen LogP contribution in [0.15, 0.2) is 48.5 Å². The van der Waals surface area contributed by atoms with Crippen LogP contribution in [0, 0.1) is 6.92 Å². The summed E-state index contributed by atoms with van der Waals surface area (Å²) in [6.45, 7) is 6.98. The molecule has 132 valence electrons. The molecule has 2 rings (SSSR count). The molecule has 0 saturated heterocycles. The lowest BCUT2D eigenvalue weighted by molar-refractivity contribution is -0.111. The van der Waals surface area contributed by atoms with Gasteiger partial charge < -0.3 is 10.1 Å². The van der Waals surface area contributed by atoms with Gasteiger partial charge >= 0.3 is 0 Å². The van der Waals surface area contributed by atoms with Gasteiger partial charge in [0.05, 0.1) is 6.61 Å². The zero-order valence-corrected chi connectivity index (χ0v) is 15.3. The van der Waals surface area contributed by atoms with Crippen molar-refractivity contribution in [1.29, 1.82) is 0 Å². The number of ether oxygens (including phenoxy) is 1. The predicted octanol–water partition coefficient (Wildman–Crippen LogP) is 5.39. The fraction of sp³-hybridized carbons (Fsp3) is 0.318. The number of benzene rings is 2. The summed E-state index contributed by atoms with van der Waals surface area (Å²) in [4.78, 5) is 12.2. The summed E-state index contributed by atoms with van der Waals surface area (Å²) in [5.74, 6) is 0.745. The minimum Gasteiger partial charge on any atom is -0.494 e. The van der Waals surface area contributed by atoms with Gasteiger partial charge in [-0.05, 0) is 54.7 Å². The summed E-state index contributed by atoms with van der Waals surface area (Å²) in [5.41, 5.74) is 4.11. The Morgan fingerprint density at radius 1 is 1.12 bits per heavy atom. The minimum atomic E-state index is -0.118. The number of hydrogen-bond donors (Lipinski definition) is 1. The number of carbonyl (C=O) groups excluding carboxylic acids is 1. The Morgan fingerprint density at radius 2 is 1.88 bits per heavy atom. The average molecular weight is 337 g/mol. The SMILES string of the molecule is CCCCOc1ccc(C=CC(=O)Nc2c(C)cccc2CC)cc1. The molecule has 1 amide bonds. The number of nitrogens with one attached hydrogen (secondary N) is 1. The van der Waals surface area contributed by atoms with Gasteiger partial charge in [0.1, 0.15) is 5.75 Å². The van der Waals surface area contributed by atoms with Gasteiger partial charge in [0.15, 0.2) is 0 Å². The van der Waals surface area contributed by atoms with Crippen LogP contribution in [0.5, 0.6) is 5.75 Å². The number of aryl methyl sites for hydroxylation is 2. The molecule has 25 heavy (non-hydrogen) atoms. The van der Waals surface area contributed by atoms with E-state index in [9.17, 15) is 4.79 Å². The molecule has 0 aliphatic heterocycles. The highest BCUT2D eigenvalue weighted by Crippen LogP contribution is 2.21. The molecule has 0 fully saturated rings. The third-order valence-corrected chi connectivity index (χ3v) is 4.06. The van der Waals surface area contributed by atoms with Gasteiger partial charge in [-0.2, -0.15) is 0 Å². The van der Waals surface area contributed by atoms with Crippen molar-refractivity contribution in [3.05, 3.63) is 65.2 Å². The molecule has 3 nitrogen and oxygen atoms in total. The fourth-order valence-corrected chi connectivity index (χ4v) is 2.55. The maximum absolute atomic E-state index is 12.2. The van der Waals surface area contributed by atoms with Gasteiger partial charge in [0, 0.05) is 11.8 Å². The minimum absolute atomic E-state index is 0.118. The lowest BCUT2D eigenvalue weighted by Crippen LogP contribution is -2.11. The van der Waals surface area contributed by atoms with Crippen molar-refractivity contribution in [3.63, 3.8) is 0 Å². The van der Waals surface area contributed by atoms with E-state index in [2.05, 4.69) is 19.2 Å². The molecular formula is C22H27NO2. The summed E-state index contributed by atoms with van der Waals surface area (Å²) in [6, 6.07) is 13.9. The first kappa shape index (κ1) is 18.8. The quantitative estimate of drug-likeness (QED) is 0.518. The van der Waals surface area contributed by atoms with Crippen LogP contribution in [0.1, 0.15) is 43.4 Å². The highest BCUT2D eigenvalue weighted by molar-refractivity contribution is 6.02. The van der Waals surface area contributed by atoms with Crippen LogP contribution >= 0.6 is 0 Å². The van der Waals surface area contributed by atoms with E-state index in [1.54, 1.807) is 6.08 Å². The van der Waals surface area contributed by atoms with Crippen LogP contribution in [0.2, 0.25) is 0 Å². The van der Waals surface area contributed by atoms with Crippen molar-refractivity contribution in [3.8, 4) is 5.75 Å². The lowest BCUT2D eigenvalue weighted by atomic mass is 10.1. The summed E-state index contributed by atoms with van der Waals surface area (Å²) in [6.07, 6.45) is 6.45. The molecule has 3 heteroatoms. The molecule has 0 radical (unpaired) electrons. The summed E-state index contributed by atoms with van der Waals surface area (Å²) >= 11 is 0. The first-order valence-corrected chi connectivity index (χ1v) is 8.94. The molecule has 0 unspecified atom stereocenters. The van der Waals surface area contributed by atoms with E-state index in [1.807, 2.05) is 55.5 Å². The molecule has 0 saturated carbocycles. The van der Waals surface area contributed by atoms with Crippen molar-refractivity contribution in [2.75, 3.05) is 11.9 Å². The van der Waals surface area contributed by atoms with Crippen molar-refractivity contribution in [2.24, 2.45) is 0 Å². The summed E-state index contributed by atoms with van der Waals surface area (Å²) < 4.78 is 5.64. The maximum atomic E-state index is 12.2. The van der Waals surface area contributed by atoms with Gasteiger partial charge in [-0.3, -0.25) is 4.79 Å². The number of hydrogen-bond acceptors (Lipinski definition) is 2. The third kappa shape index (κ3) is 5.79. The highest BCUT2D eigenvalue weighted by atomic mass is 16.5. The molecule has 0 aromatic heterocycles. The number of unbranched alkanes of at least 4 members (excludes halogenated alkanes) is 1. The van der Waals surface area contributed by atoms with Gasteiger partial charge in [-0.1, -0.05) is 50.6 Å². The first-order valence-electron chi connectivity index (χ1n) is 8.94. The standard InChI is InChI=1S/C22H27NO2/c1-4-6-16-25-20-13-10-18(11-14-20)12-15-21(24)23-22-17(3)8-7-9-19(22)5-2/h7-15H,4-6,16H2,1-3H3,(H,23,24). The Hall–Kier alpha value is -2.55. The maximum Gasteiger partial charge on any atom is 0.248 e. The number of amides is 1. The van der Waals surface area contributed by atoms with E-state index in [0.717, 1.165) is 54.0 Å². The second-order valence-electron chi connectivity index (χ2n) is 6.06. The number of carbonyl (C=O) groups is 1. The van der Waals surface area contributed by atoms with E-state index in [1.165, 1.54) is 0 Å². The van der Waals surface area contributed by atoms with Crippen LogP contribution in [0.4, 0.5) is 5.69 Å². The molecule has 0 bridgehead atoms. The van der Waals surface area contributed by atoms with Gasteiger partial charge in [-0.25, -0.2) is 0 Å². The van der Waals surface area contributed by atoms with Gasteiger partial charge in [-0.15, -0.1) is 0 Å². The Balaban J connectivity index is 1.96. The van der Waals surface area contributed by atoms with E-state index in [0.29, 0.717) is 0 Å². The predicted molar refractivity (Wildman–Crippen MR) is 105 cm³/mol. The second kappa shape index (κ2) is 9.67. The Labute approximate surface area is 150 Å². The zero-order chi connectivity index (χ0) is 18.1. The van der Waals surface area contributed by atoms with Crippen LogP contribution in [0.25, 0.3) is 6.08 Å². The van der Waals surface area contributed by atoms with Crippen LogP contribution in [0.3, 0.4) is 0 Å². The normalized spacial score (nSPS) is 10.8. The number of rotatable bonds is 8. The fourth-order valence-electron chi connectivity index (χ4n) is 2.55. The number of para-hydroxylation sites is 1. The topological polar surface area (TPSA) is 38.3 Å².